The maximum absolute atomic E-state index is 12.4. The van der Waals surface area contributed by atoms with E-state index in [4.69, 9.17) is 11.6 Å². The lowest BCUT2D eigenvalue weighted by Crippen LogP contribution is -2.51. The fourth-order valence-corrected chi connectivity index (χ4v) is 5.08. The van der Waals surface area contributed by atoms with Crippen LogP contribution in [0.2, 0.25) is 5.15 Å². The summed E-state index contributed by atoms with van der Waals surface area (Å²) in [6, 6.07) is 0. The normalized spacial score (nSPS) is 19.0. The zero-order valence-electron chi connectivity index (χ0n) is 9.68. The summed E-state index contributed by atoms with van der Waals surface area (Å²) in [5.74, 6) is 0. The Morgan fingerprint density at radius 2 is 2.28 bits per heavy atom. The van der Waals surface area contributed by atoms with Crippen LogP contribution < -0.4 is 4.72 Å². The number of sulfonamides is 1. The van der Waals surface area contributed by atoms with Crippen molar-refractivity contribution in [3.8, 4) is 0 Å². The SMILES string of the molecule is CC1(NS(=O)(=O)c2c(Cl)nc3sccn23)CCC1. The van der Waals surface area contributed by atoms with Crippen molar-refractivity contribution in [3.63, 3.8) is 0 Å². The number of nitrogens with one attached hydrogen (secondary N) is 1. The molecule has 8 heteroatoms. The minimum absolute atomic E-state index is 0.0253. The van der Waals surface area contributed by atoms with Crippen molar-refractivity contribution in [2.45, 2.75) is 36.8 Å². The van der Waals surface area contributed by atoms with E-state index >= 15 is 0 Å². The van der Waals surface area contributed by atoms with Gasteiger partial charge in [0.1, 0.15) is 0 Å². The Hall–Kier alpha value is -0.630. The average Bonchev–Trinajstić information content (AvgIpc) is 2.73. The van der Waals surface area contributed by atoms with E-state index in [-0.39, 0.29) is 15.7 Å². The zero-order valence-corrected chi connectivity index (χ0v) is 12.1. The van der Waals surface area contributed by atoms with Gasteiger partial charge in [-0.3, -0.25) is 4.40 Å². The predicted octanol–water partition coefficient (Wildman–Crippen LogP) is 2.27. The number of thiazole rings is 1. The van der Waals surface area contributed by atoms with Gasteiger partial charge in [0.2, 0.25) is 0 Å². The Bertz CT molecular complexity index is 700. The molecule has 0 amide bonds. The van der Waals surface area contributed by atoms with Gasteiger partial charge in [-0.2, -0.15) is 0 Å². The topological polar surface area (TPSA) is 63.5 Å². The molecule has 2 heterocycles. The molecule has 0 atom stereocenters. The van der Waals surface area contributed by atoms with Gasteiger partial charge >= 0.3 is 0 Å². The molecule has 0 aliphatic heterocycles. The lowest BCUT2D eigenvalue weighted by Gasteiger charge is -2.38. The van der Waals surface area contributed by atoms with Gasteiger partial charge in [-0.15, -0.1) is 11.3 Å². The predicted molar refractivity (Wildman–Crippen MR) is 70.7 cm³/mol. The van der Waals surface area contributed by atoms with Crippen LogP contribution >= 0.6 is 22.9 Å². The number of hydrogen-bond donors (Lipinski definition) is 1. The van der Waals surface area contributed by atoms with Gasteiger partial charge in [-0.05, 0) is 26.2 Å². The third-order valence-electron chi connectivity index (χ3n) is 3.27. The van der Waals surface area contributed by atoms with Crippen molar-refractivity contribution < 1.29 is 8.42 Å². The number of imidazole rings is 1. The van der Waals surface area contributed by atoms with Crippen molar-refractivity contribution in [3.05, 3.63) is 16.7 Å². The standard InChI is InChI=1S/C10H12ClN3O2S2/c1-10(3-2-4-10)13-18(15,16)8-7(11)12-9-14(8)5-6-17-9/h5-6,13H,2-4H2,1H3. The van der Waals surface area contributed by atoms with Crippen LogP contribution in [0.25, 0.3) is 4.96 Å². The minimum Gasteiger partial charge on any atom is -0.279 e. The quantitative estimate of drug-likeness (QED) is 0.946. The number of fused-ring (bicyclic) bond motifs is 1. The van der Waals surface area contributed by atoms with Gasteiger partial charge in [0.25, 0.3) is 10.0 Å². The Morgan fingerprint density at radius 1 is 1.56 bits per heavy atom. The number of rotatable bonds is 3. The van der Waals surface area contributed by atoms with E-state index in [1.807, 2.05) is 6.92 Å². The number of nitrogens with zero attached hydrogens (tertiary/aromatic N) is 2. The van der Waals surface area contributed by atoms with Gasteiger partial charge in [0.15, 0.2) is 15.1 Å². The summed E-state index contributed by atoms with van der Waals surface area (Å²) in [6.07, 6.45) is 4.43. The fraction of sp³-hybridized carbons (Fsp3) is 0.500. The number of halogens is 1. The molecule has 1 fully saturated rings. The molecule has 0 saturated heterocycles. The molecule has 0 spiro atoms. The molecule has 1 aliphatic carbocycles. The molecule has 98 valence electrons. The number of aromatic nitrogens is 2. The van der Waals surface area contributed by atoms with E-state index < -0.39 is 10.0 Å². The molecule has 0 unspecified atom stereocenters. The summed E-state index contributed by atoms with van der Waals surface area (Å²) < 4.78 is 29.0. The lowest BCUT2D eigenvalue weighted by atomic mass is 9.80. The molecule has 2 aromatic heterocycles. The van der Waals surface area contributed by atoms with E-state index in [1.54, 1.807) is 11.6 Å². The minimum atomic E-state index is -3.64. The summed E-state index contributed by atoms with van der Waals surface area (Å²) in [5, 5.41) is 1.84. The Morgan fingerprint density at radius 3 is 2.89 bits per heavy atom. The third-order valence-corrected chi connectivity index (χ3v) is 6.06. The zero-order chi connectivity index (χ0) is 13.0. The number of hydrogen-bond acceptors (Lipinski definition) is 4. The molecule has 0 radical (unpaired) electrons. The van der Waals surface area contributed by atoms with Crippen LogP contribution in [-0.4, -0.2) is 23.3 Å². The summed E-state index contributed by atoms with van der Waals surface area (Å²) in [7, 11) is -3.64. The van der Waals surface area contributed by atoms with Crippen molar-refractivity contribution in [1.29, 1.82) is 0 Å². The first-order chi connectivity index (χ1) is 8.41. The second-order valence-electron chi connectivity index (χ2n) is 4.78. The lowest BCUT2D eigenvalue weighted by molar-refractivity contribution is 0.247. The first-order valence-corrected chi connectivity index (χ1v) is 8.30. The van der Waals surface area contributed by atoms with Crippen LogP contribution in [0.3, 0.4) is 0 Å². The molecule has 0 aromatic carbocycles. The molecule has 18 heavy (non-hydrogen) atoms. The molecule has 1 aliphatic rings. The van der Waals surface area contributed by atoms with Crippen LogP contribution in [0.5, 0.6) is 0 Å². The monoisotopic (exact) mass is 305 g/mol. The first kappa shape index (κ1) is 12.4. The molecular formula is C10H12ClN3O2S2. The molecule has 1 saturated carbocycles. The Kier molecular flexibility index (Phi) is 2.71. The maximum Gasteiger partial charge on any atom is 0.260 e. The highest BCUT2D eigenvalue weighted by Crippen LogP contribution is 2.34. The van der Waals surface area contributed by atoms with Crippen LogP contribution in [0.4, 0.5) is 0 Å². The van der Waals surface area contributed by atoms with E-state index in [2.05, 4.69) is 9.71 Å². The Labute approximate surface area is 114 Å². The van der Waals surface area contributed by atoms with E-state index in [0.29, 0.717) is 4.96 Å². The van der Waals surface area contributed by atoms with E-state index in [9.17, 15) is 8.42 Å². The van der Waals surface area contributed by atoms with E-state index in [0.717, 1.165) is 19.3 Å². The molecular weight excluding hydrogens is 294 g/mol. The summed E-state index contributed by atoms with van der Waals surface area (Å²) >= 11 is 7.29. The highest BCUT2D eigenvalue weighted by atomic mass is 35.5. The van der Waals surface area contributed by atoms with Crippen LogP contribution in [-0.2, 0) is 10.0 Å². The molecule has 2 aromatic rings. The van der Waals surface area contributed by atoms with Crippen molar-refractivity contribution in [2.75, 3.05) is 0 Å². The summed E-state index contributed by atoms with van der Waals surface area (Å²) in [6.45, 7) is 1.91. The smallest absolute Gasteiger partial charge is 0.260 e. The second-order valence-corrected chi connectivity index (χ2v) is 7.61. The molecule has 5 nitrogen and oxygen atoms in total. The highest BCUT2D eigenvalue weighted by Gasteiger charge is 2.38. The van der Waals surface area contributed by atoms with Crippen molar-refractivity contribution >= 4 is 37.9 Å². The second kappa shape index (κ2) is 3.93. The maximum atomic E-state index is 12.4. The Balaban J connectivity index is 2.07. The van der Waals surface area contributed by atoms with Crippen molar-refractivity contribution in [1.82, 2.24) is 14.1 Å². The molecule has 0 bridgehead atoms. The van der Waals surface area contributed by atoms with E-state index in [1.165, 1.54) is 15.7 Å². The van der Waals surface area contributed by atoms with Gasteiger partial charge in [0.05, 0.1) is 0 Å². The first-order valence-electron chi connectivity index (χ1n) is 5.56. The van der Waals surface area contributed by atoms with Gasteiger partial charge in [0, 0.05) is 17.1 Å². The average molecular weight is 306 g/mol. The molecule has 3 rings (SSSR count). The third kappa shape index (κ3) is 1.85. The van der Waals surface area contributed by atoms with Crippen LogP contribution in [0.1, 0.15) is 26.2 Å². The highest BCUT2D eigenvalue weighted by molar-refractivity contribution is 7.89. The van der Waals surface area contributed by atoms with Gasteiger partial charge in [-0.25, -0.2) is 18.1 Å². The van der Waals surface area contributed by atoms with Crippen LogP contribution in [0, 0.1) is 0 Å². The summed E-state index contributed by atoms with van der Waals surface area (Å²) in [4.78, 5) is 4.62. The summed E-state index contributed by atoms with van der Waals surface area (Å²) in [5.41, 5.74) is -0.345. The van der Waals surface area contributed by atoms with Gasteiger partial charge in [-0.1, -0.05) is 11.6 Å². The largest absolute Gasteiger partial charge is 0.279 e. The van der Waals surface area contributed by atoms with Gasteiger partial charge < -0.3 is 0 Å². The van der Waals surface area contributed by atoms with Crippen LogP contribution in [0.15, 0.2) is 16.6 Å². The fourth-order valence-electron chi connectivity index (χ4n) is 2.16. The van der Waals surface area contributed by atoms with Crippen molar-refractivity contribution in [2.24, 2.45) is 0 Å². The molecule has 1 N–H and O–H groups in total.